The average molecular weight is 434 g/mol. The van der Waals surface area contributed by atoms with Gasteiger partial charge in [-0.05, 0) is 38.3 Å². The molecule has 0 saturated heterocycles. The third-order valence-corrected chi connectivity index (χ3v) is 5.72. The summed E-state index contributed by atoms with van der Waals surface area (Å²) in [4.78, 5) is 13.2. The number of aryl methyl sites for hydroxylation is 1. The highest BCUT2D eigenvalue weighted by molar-refractivity contribution is 6.01. The SMILES string of the molecule is Cc1onc(-c2ccccc2)c1C(=O)NC1CCCc2c1cnn2-c1cc(F)cc(F)c1. The molecule has 1 unspecified atom stereocenters. The molecule has 1 amide bonds. The van der Waals surface area contributed by atoms with Crippen LogP contribution in [0.5, 0.6) is 0 Å². The van der Waals surface area contributed by atoms with Gasteiger partial charge < -0.3 is 9.84 Å². The smallest absolute Gasteiger partial charge is 0.257 e. The van der Waals surface area contributed by atoms with Gasteiger partial charge in [-0.25, -0.2) is 13.5 Å². The van der Waals surface area contributed by atoms with E-state index in [1.807, 2.05) is 30.3 Å². The van der Waals surface area contributed by atoms with Crippen LogP contribution in [-0.2, 0) is 6.42 Å². The molecule has 8 heteroatoms. The molecule has 4 aromatic rings. The van der Waals surface area contributed by atoms with Crippen molar-refractivity contribution in [2.24, 2.45) is 0 Å². The molecule has 162 valence electrons. The molecule has 1 aliphatic rings. The van der Waals surface area contributed by atoms with Gasteiger partial charge in [0.15, 0.2) is 0 Å². The Morgan fingerprint density at radius 2 is 1.91 bits per heavy atom. The first-order valence-corrected chi connectivity index (χ1v) is 10.4. The van der Waals surface area contributed by atoms with Gasteiger partial charge in [0.05, 0.1) is 17.9 Å². The lowest BCUT2D eigenvalue weighted by Crippen LogP contribution is -2.31. The van der Waals surface area contributed by atoms with Crippen molar-refractivity contribution in [1.29, 1.82) is 0 Å². The van der Waals surface area contributed by atoms with Gasteiger partial charge in [-0.3, -0.25) is 4.79 Å². The van der Waals surface area contributed by atoms with Crippen LogP contribution in [0.2, 0.25) is 0 Å². The number of halogens is 2. The first kappa shape index (κ1) is 20.1. The Bertz CT molecular complexity index is 1280. The Hall–Kier alpha value is -3.81. The molecule has 5 rings (SSSR count). The number of hydrogen-bond acceptors (Lipinski definition) is 4. The first-order valence-electron chi connectivity index (χ1n) is 10.4. The molecule has 32 heavy (non-hydrogen) atoms. The highest BCUT2D eigenvalue weighted by Crippen LogP contribution is 2.33. The van der Waals surface area contributed by atoms with Gasteiger partial charge in [0.25, 0.3) is 5.91 Å². The molecule has 0 bridgehead atoms. The molecule has 2 aromatic heterocycles. The van der Waals surface area contributed by atoms with Gasteiger partial charge in [-0.1, -0.05) is 35.5 Å². The van der Waals surface area contributed by atoms with Gasteiger partial charge in [0, 0.05) is 22.9 Å². The number of carbonyl (C=O) groups is 1. The summed E-state index contributed by atoms with van der Waals surface area (Å²) >= 11 is 0. The normalized spacial score (nSPS) is 15.4. The third-order valence-electron chi connectivity index (χ3n) is 5.72. The number of fused-ring (bicyclic) bond motifs is 1. The minimum atomic E-state index is -0.665. The zero-order valence-corrected chi connectivity index (χ0v) is 17.3. The van der Waals surface area contributed by atoms with Gasteiger partial charge in [-0.15, -0.1) is 0 Å². The van der Waals surface area contributed by atoms with Crippen molar-refractivity contribution in [2.75, 3.05) is 0 Å². The van der Waals surface area contributed by atoms with Crippen LogP contribution in [0, 0.1) is 18.6 Å². The first-order chi connectivity index (χ1) is 15.5. The van der Waals surface area contributed by atoms with E-state index in [1.165, 1.54) is 12.1 Å². The molecule has 1 atom stereocenters. The molecule has 1 N–H and O–H groups in total. The minimum absolute atomic E-state index is 0.281. The summed E-state index contributed by atoms with van der Waals surface area (Å²) in [5, 5.41) is 11.5. The lowest BCUT2D eigenvalue weighted by molar-refractivity contribution is 0.0931. The molecule has 2 aromatic carbocycles. The lowest BCUT2D eigenvalue weighted by atomic mass is 9.92. The molecule has 0 radical (unpaired) electrons. The van der Waals surface area contributed by atoms with E-state index in [1.54, 1.807) is 17.8 Å². The Balaban J connectivity index is 1.45. The molecular weight excluding hydrogens is 414 g/mol. The van der Waals surface area contributed by atoms with Crippen LogP contribution < -0.4 is 5.32 Å². The fourth-order valence-electron chi connectivity index (χ4n) is 4.25. The van der Waals surface area contributed by atoms with Crippen LogP contribution >= 0.6 is 0 Å². The van der Waals surface area contributed by atoms with E-state index in [4.69, 9.17) is 4.52 Å². The van der Waals surface area contributed by atoms with Gasteiger partial charge in [0.1, 0.15) is 28.7 Å². The average Bonchev–Trinajstić information content (AvgIpc) is 3.38. The zero-order valence-electron chi connectivity index (χ0n) is 17.3. The van der Waals surface area contributed by atoms with Crippen molar-refractivity contribution in [3.8, 4) is 16.9 Å². The van der Waals surface area contributed by atoms with E-state index in [-0.39, 0.29) is 11.9 Å². The molecule has 0 saturated carbocycles. The van der Waals surface area contributed by atoms with Crippen molar-refractivity contribution in [1.82, 2.24) is 20.3 Å². The minimum Gasteiger partial charge on any atom is -0.360 e. The second kappa shape index (κ2) is 8.03. The van der Waals surface area contributed by atoms with E-state index < -0.39 is 11.6 Å². The highest BCUT2D eigenvalue weighted by atomic mass is 19.1. The molecular formula is C24H20F2N4O2. The van der Waals surface area contributed by atoms with Gasteiger partial charge in [0.2, 0.25) is 0 Å². The van der Waals surface area contributed by atoms with Crippen LogP contribution in [0.3, 0.4) is 0 Å². The predicted molar refractivity (Wildman–Crippen MR) is 113 cm³/mol. The van der Waals surface area contributed by atoms with E-state index in [2.05, 4.69) is 15.6 Å². The number of hydrogen-bond donors (Lipinski definition) is 1. The van der Waals surface area contributed by atoms with E-state index in [9.17, 15) is 13.6 Å². The second-order valence-corrected chi connectivity index (χ2v) is 7.83. The van der Waals surface area contributed by atoms with Crippen molar-refractivity contribution >= 4 is 5.91 Å². The number of aromatic nitrogens is 3. The van der Waals surface area contributed by atoms with E-state index in [0.29, 0.717) is 29.1 Å². The molecule has 2 heterocycles. The fraction of sp³-hybridized carbons (Fsp3) is 0.208. The Labute approximate surface area is 182 Å². The Morgan fingerprint density at radius 1 is 1.16 bits per heavy atom. The van der Waals surface area contributed by atoms with Crippen LogP contribution in [-0.4, -0.2) is 20.8 Å². The van der Waals surface area contributed by atoms with Crippen LogP contribution in [0.25, 0.3) is 16.9 Å². The van der Waals surface area contributed by atoms with E-state index >= 15 is 0 Å². The topological polar surface area (TPSA) is 73.0 Å². The Morgan fingerprint density at radius 3 is 2.66 bits per heavy atom. The van der Waals surface area contributed by atoms with Crippen LogP contribution in [0.15, 0.2) is 59.3 Å². The molecule has 0 aliphatic heterocycles. The van der Waals surface area contributed by atoms with Crippen molar-refractivity contribution < 1.29 is 18.1 Å². The number of rotatable bonds is 4. The maximum atomic E-state index is 13.7. The largest absolute Gasteiger partial charge is 0.360 e. The monoisotopic (exact) mass is 434 g/mol. The summed E-state index contributed by atoms with van der Waals surface area (Å²) in [5.41, 5.74) is 3.66. The number of nitrogens with one attached hydrogen (secondary N) is 1. The van der Waals surface area contributed by atoms with Gasteiger partial charge >= 0.3 is 0 Å². The number of benzene rings is 2. The third kappa shape index (κ3) is 3.57. The maximum Gasteiger partial charge on any atom is 0.257 e. The zero-order chi connectivity index (χ0) is 22.2. The van der Waals surface area contributed by atoms with Crippen molar-refractivity contribution in [3.63, 3.8) is 0 Å². The second-order valence-electron chi connectivity index (χ2n) is 7.83. The number of amides is 1. The molecule has 1 aliphatic carbocycles. The Kier molecular flexibility index (Phi) is 5.05. The van der Waals surface area contributed by atoms with Crippen LogP contribution in [0.1, 0.15) is 46.3 Å². The molecule has 6 nitrogen and oxygen atoms in total. The number of nitrogens with zero attached hydrogens (tertiary/aromatic N) is 3. The maximum absolute atomic E-state index is 13.7. The summed E-state index contributed by atoms with van der Waals surface area (Å²) in [6.07, 6.45) is 3.88. The molecule has 0 fully saturated rings. The van der Waals surface area contributed by atoms with Crippen LogP contribution in [0.4, 0.5) is 8.78 Å². The predicted octanol–water partition coefficient (Wildman–Crippen LogP) is 4.92. The summed E-state index contributed by atoms with van der Waals surface area (Å²) in [5.74, 6) is -1.18. The quantitative estimate of drug-likeness (QED) is 0.495. The van der Waals surface area contributed by atoms with E-state index in [0.717, 1.165) is 35.7 Å². The standard InChI is InChI=1S/C24H20F2N4O2/c1-14-22(23(29-32-14)15-6-3-2-4-7-15)24(31)28-20-8-5-9-21-19(20)13-27-30(21)18-11-16(25)10-17(26)12-18/h2-4,6-7,10-13,20H,5,8-9H2,1H3,(H,28,31). The van der Waals surface area contributed by atoms with Crippen molar-refractivity contribution in [2.45, 2.75) is 32.2 Å². The molecule has 0 spiro atoms. The highest BCUT2D eigenvalue weighted by Gasteiger charge is 2.29. The lowest BCUT2D eigenvalue weighted by Gasteiger charge is -2.24. The van der Waals surface area contributed by atoms with Gasteiger partial charge in [-0.2, -0.15) is 5.10 Å². The summed E-state index contributed by atoms with van der Waals surface area (Å²) in [7, 11) is 0. The number of carbonyl (C=O) groups excluding carboxylic acids is 1. The summed E-state index contributed by atoms with van der Waals surface area (Å²) in [6, 6.07) is 12.4. The summed E-state index contributed by atoms with van der Waals surface area (Å²) < 4.78 is 34.3. The fourth-order valence-corrected chi connectivity index (χ4v) is 4.25. The van der Waals surface area contributed by atoms with Crippen molar-refractivity contribution in [3.05, 3.63) is 88.9 Å². The summed E-state index contributed by atoms with van der Waals surface area (Å²) in [6.45, 7) is 1.71.